The molecule has 0 amide bonds. The summed E-state index contributed by atoms with van der Waals surface area (Å²) in [7, 11) is -2.19. The van der Waals surface area contributed by atoms with Crippen LogP contribution in [0, 0.1) is 0 Å². The number of nitrogens with zero attached hydrogens (tertiary/aromatic N) is 1. The van der Waals surface area contributed by atoms with Gasteiger partial charge in [0.2, 0.25) is 0 Å². The van der Waals surface area contributed by atoms with Gasteiger partial charge in [0.05, 0.1) is 0 Å². The monoisotopic (exact) mass is 193 g/mol. The van der Waals surface area contributed by atoms with Gasteiger partial charge in [-0.05, 0) is 13.1 Å². The normalized spacial score (nSPS) is 8.45. The van der Waals surface area contributed by atoms with Crippen molar-refractivity contribution in [3.63, 3.8) is 0 Å². The standard InChI is InChI=1S/C5H12BF2N.FH.K/c1-3-9(4-2)5-6(7)8;;/h3-5H2,1-2H3;1H;/q;;+1/p-1. The molecule has 0 aliphatic carbocycles. The molecule has 0 radical (unpaired) electrons. The predicted octanol–water partition coefficient (Wildman–Crippen LogP) is -4.70. The zero-order valence-corrected chi connectivity index (χ0v) is 10.4. The fourth-order valence-electron chi connectivity index (χ4n) is 0.677. The Bertz CT molecular complexity index is 72.7. The summed E-state index contributed by atoms with van der Waals surface area (Å²) in [5.74, 6) is 0. The molecule has 0 aromatic carbocycles. The summed E-state index contributed by atoms with van der Waals surface area (Å²) in [4.78, 5) is 1.70. The van der Waals surface area contributed by atoms with E-state index >= 15 is 0 Å². The molecule has 62 valence electrons. The van der Waals surface area contributed by atoms with Crippen LogP contribution in [-0.4, -0.2) is 31.7 Å². The molecule has 0 heterocycles. The third kappa shape index (κ3) is 11.5. The second-order valence-corrected chi connectivity index (χ2v) is 1.88. The van der Waals surface area contributed by atoms with Crippen LogP contribution in [0.25, 0.3) is 0 Å². The molecule has 0 saturated carbocycles. The largest absolute Gasteiger partial charge is 1.00 e. The minimum atomic E-state index is -2.19. The number of hydrogen-bond acceptors (Lipinski definition) is 1. The molecule has 0 saturated heterocycles. The van der Waals surface area contributed by atoms with Crippen molar-refractivity contribution in [1.82, 2.24) is 4.90 Å². The van der Waals surface area contributed by atoms with Crippen LogP contribution < -0.4 is 56.1 Å². The number of rotatable bonds is 4. The van der Waals surface area contributed by atoms with Crippen LogP contribution in [0.4, 0.5) is 8.63 Å². The first-order chi connectivity index (χ1) is 4.20. The van der Waals surface area contributed by atoms with Crippen LogP contribution >= 0.6 is 0 Å². The van der Waals surface area contributed by atoms with Crippen LogP contribution in [0.15, 0.2) is 0 Å². The molecule has 0 aromatic rings. The maximum atomic E-state index is 11.6. The maximum absolute atomic E-state index is 11.6. The van der Waals surface area contributed by atoms with E-state index in [2.05, 4.69) is 0 Å². The van der Waals surface area contributed by atoms with Crippen molar-refractivity contribution in [2.45, 2.75) is 13.8 Å². The van der Waals surface area contributed by atoms with Crippen molar-refractivity contribution >= 4 is 7.27 Å². The first-order valence-corrected chi connectivity index (χ1v) is 3.21. The van der Waals surface area contributed by atoms with Crippen LogP contribution in [0.2, 0.25) is 0 Å². The van der Waals surface area contributed by atoms with E-state index in [4.69, 9.17) is 0 Å². The van der Waals surface area contributed by atoms with Gasteiger partial charge in [-0.2, -0.15) is 0 Å². The van der Waals surface area contributed by atoms with Crippen molar-refractivity contribution in [3.05, 3.63) is 0 Å². The van der Waals surface area contributed by atoms with Crippen molar-refractivity contribution < 1.29 is 64.7 Å². The topological polar surface area (TPSA) is 3.24 Å². The van der Waals surface area contributed by atoms with Crippen molar-refractivity contribution in [2.24, 2.45) is 0 Å². The molecule has 0 rings (SSSR count). The van der Waals surface area contributed by atoms with Gasteiger partial charge >= 0.3 is 58.7 Å². The molecule has 0 aliphatic rings. The first kappa shape index (κ1) is 18.3. The molecular weight excluding hydrogens is 181 g/mol. The number of hydrogen-bond donors (Lipinski definition) is 0. The van der Waals surface area contributed by atoms with Crippen LogP contribution in [0.3, 0.4) is 0 Å². The minimum absolute atomic E-state index is 0. The van der Waals surface area contributed by atoms with E-state index in [0.717, 1.165) is 0 Å². The van der Waals surface area contributed by atoms with E-state index in [0.29, 0.717) is 13.1 Å². The summed E-state index contributed by atoms with van der Waals surface area (Å²) in [6, 6.07) is 0. The van der Waals surface area contributed by atoms with E-state index in [1.165, 1.54) is 0 Å². The van der Waals surface area contributed by atoms with E-state index < -0.39 is 7.27 Å². The minimum Gasteiger partial charge on any atom is -1.00 e. The van der Waals surface area contributed by atoms with Gasteiger partial charge in [0.25, 0.3) is 0 Å². The Labute approximate surface area is 109 Å². The smallest absolute Gasteiger partial charge is 1.00 e. The fraction of sp³-hybridized carbons (Fsp3) is 1.00. The van der Waals surface area contributed by atoms with Crippen LogP contribution in [0.5, 0.6) is 0 Å². The van der Waals surface area contributed by atoms with Crippen LogP contribution in [-0.2, 0) is 0 Å². The molecule has 0 spiro atoms. The summed E-state index contributed by atoms with van der Waals surface area (Å²) in [6.45, 7) is 5.18. The van der Waals surface area contributed by atoms with E-state index in [9.17, 15) is 8.63 Å². The zero-order chi connectivity index (χ0) is 7.28. The van der Waals surface area contributed by atoms with Gasteiger partial charge in [0, 0.05) is 6.44 Å². The molecule has 0 bridgehead atoms. The summed E-state index contributed by atoms with van der Waals surface area (Å²) in [6.07, 6.45) is -0.0903. The van der Waals surface area contributed by atoms with Crippen molar-refractivity contribution in [3.8, 4) is 0 Å². The molecule has 1 nitrogen and oxygen atoms in total. The predicted molar refractivity (Wildman–Crippen MR) is 35.8 cm³/mol. The van der Waals surface area contributed by atoms with E-state index in [-0.39, 0.29) is 62.5 Å². The van der Waals surface area contributed by atoms with Gasteiger partial charge in [0.15, 0.2) is 0 Å². The summed E-state index contributed by atoms with van der Waals surface area (Å²) >= 11 is 0. The van der Waals surface area contributed by atoms with Gasteiger partial charge in [-0.25, -0.2) is 0 Å². The molecule has 0 N–H and O–H groups in total. The van der Waals surface area contributed by atoms with E-state index in [1.807, 2.05) is 13.8 Å². The Morgan fingerprint density at radius 3 is 1.64 bits per heavy atom. The van der Waals surface area contributed by atoms with Gasteiger partial charge < -0.3 is 9.60 Å². The van der Waals surface area contributed by atoms with Gasteiger partial charge in [-0.15, -0.1) is 0 Å². The average Bonchev–Trinajstić information content (AvgIpc) is 1.82. The quantitative estimate of drug-likeness (QED) is 0.405. The summed E-state index contributed by atoms with van der Waals surface area (Å²) < 4.78 is 23.2. The molecule has 0 aromatic heterocycles. The first-order valence-electron chi connectivity index (χ1n) is 3.21. The van der Waals surface area contributed by atoms with E-state index in [1.54, 1.807) is 4.90 Å². The Hall–Kier alpha value is 1.45. The third-order valence-corrected chi connectivity index (χ3v) is 1.29. The maximum Gasteiger partial charge on any atom is 1.00 e. The second-order valence-electron chi connectivity index (χ2n) is 1.88. The second kappa shape index (κ2) is 11.5. The molecule has 11 heavy (non-hydrogen) atoms. The zero-order valence-electron chi connectivity index (χ0n) is 7.28. The van der Waals surface area contributed by atoms with Crippen molar-refractivity contribution in [1.29, 1.82) is 0 Å². The Morgan fingerprint density at radius 1 is 1.18 bits per heavy atom. The Balaban J connectivity index is -0.000000320. The number of halogens is 3. The molecule has 0 fully saturated rings. The molecule has 0 unspecified atom stereocenters. The molecule has 0 aliphatic heterocycles. The van der Waals surface area contributed by atoms with Crippen molar-refractivity contribution in [2.75, 3.05) is 19.5 Å². The van der Waals surface area contributed by atoms with Gasteiger partial charge in [0.1, 0.15) is 0 Å². The van der Waals surface area contributed by atoms with Crippen LogP contribution in [0.1, 0.15) is 13.8 Å². The Morgan fingerprint density at radius 2 is 1.55 bits per heavy atom. The Kier molecular flexibility index (Phi) is 19.0. The SMILES string of the molecule is CCN(CC)CB(F)F.[F-].[K+]. The molecular formula is C5H12BF3KN. The summed E-state index contributed by atoms with van der Waals surface area (Å²) in [5, 5.41) is 0. The fourth-order valence-corrected chi connectivity index (χ4v) is 0.677. The average molecular weight is 193 g/mol. The summed E-state index contributed by atoms with van der Waals surface area (Å²) in [5.41, 5.74) is 0. The molecule has 6 heteroatoms. The third-order valence-electron chi connectivity index (χ3n) is 1.29. The van der Waals surface area contributed by atoms with Gasteiger partial charge in [-0.1, -0.05) is 13.8 Å². The molecule has 0 atom stereocenters. The van der Waals surface area contributed by atoms with Gasteiger partial charge in [-0.3, -0.25) is 8.63 Å².